The number of ether oxygens (including phenoxy) is 2. The summed E-state index contributed by atoms with van der Waals surface area (Å²) in [5.41, 5.74) is 2.96. The Morgan fingerprint density at radius 3 is 2.64 bits per heavy atom. The van der Waals surface area contributed by atoms with Gasteiger partial charge in [0.25, 0.3) is 0 Å². The first-order valence-corrected chi connectivity index (χ1v) is 11.1. The summed E-state index contributed by atoms with van der Waals surface area (Å²) in [6.45, 7) is 9.76. The number of rotatable bonds is 4. The van der Waals surface area contributed by atoms with E-state index in [9.17, 15) is 9.18 Å². The van der Waals surface area contributed by atoms with E-state index in [0.717, 1.165) is 11.3 Å². The van der Waals surface area contributed by atoms with Gasteiger partial charge in [0, 0.05) is 30.2 Å². The Morgan fingerprint density at radius 2 is 1.97 bits per heavy atom. The molecule has 0 aliphatic carbocycles. The summed E-state index contributed by atoms with van der Waals surface area (Å²) in [5.74, 6) is -0.335. The fourth-order valence-electron chi connectivity index (χ4n) is 3.98. The van der Waals surface area contributed by atoms with Crippen LogP contribution in [0, 0.1) is 5.82 Å². The van der Waals surface area contributed by atoms with Gasteiger partial charge in [-0.1, -0.05) is 6.07 Å². The summed E-state index contributed by atoms with van der Waals surface area (Å²) < 4.78 is 25.4. The van der Waals surface area contributed by atoms with E-state index in [-0.39, 0.29) is 5.82 Å². The number of nitrogens with zero attached hydrogens (tertiary/aromatic N) is 3. The standard InChI is InChI=1S/C25H29FN4O3/c1-16(28-24(31)33-25(2,3)4)22-21(20-7-5-6-10-27-20)23(30-11-13-32-14-12-30)18-15-17(26)8-9-19(18)29-22/h5-10,15-16H,11-14H2,1-4H3,(H,28,31). The summed E-state index contributed by atoms with van der Waals surface area (Å²) >= 11 is 0. The maximum Gasteiger partial charge on any atom is 0.408 e. The first kappa shape index (κ1) is 22.9. The summed E-state index contributed by atoms with van der Waals surface area (Å²) in [5, 5.41) is 3.60. The number of hydrogen-bond acceptors (Lipinski definition) is 6. The summed E-state index contributed by atoms with van der Waals surface area (Å²) in [4.78, 5) is 24.2. The largest absolute Gasteiger partial charge is 0.444 e. The predicted molar refractivity (Wildman–Crippen MR) is 126 cm³/mol. The third-order valence-corrected chi connectivity index (χ3v) is 5.34. The zero-order valence-corrected chi connectivity index (χ0v) is 19.4. The normalized spacial score (nSPS) is 15.4. The molecule has 1 aliphatic heterocycles. The van der Waals surface area contributed by atoms with Crippen molar-refractivity contribution in [2.45, 2.75) is 39.3 Å². The lowest BCUT2D eigenvalue weighted by Crippen LogP contribution is -2.37. The number of anilines is 1. The van der Waals surface area contributed by atoms with Gasteiger partial charge in [0.05, 0.1) is 41.8 Å². The third kappa shape index (κ3) is 5.22. The highest BCUT2D eigenvalue weighted by atomic mass is 19.1. The second-order valence-electron chi connectivity index (χ2n) is 9.06. The quantitative estimate of drug-likeness (QED) is 0.609. The summed E-state index contributed by atoms with van der Waals surface area (Å²) in [6, 6.07) is 9.73. The van der Waals surface area contributed by atoms with Gasteiger partial charge in [0.1, 0.15) is 11.4 Å². The Kier molecular flexibility index (Phi) is 6.47. The van der Waals surface area contributed by atoms with Gasteiger partial charge in [-0.2, -0.15) is 0 Å². The van der Waals surface area contributed by atoms with E-state index in [0.29, 0.717) is 48.6 Å². The van der Waals surface area contributed by atoms with Gasteiger partial charge in [0.2, 0.25) is 0 Å². The van der Waals surface area contributed by atoms with Crippen molar-refractivity contribution in [3.63, 3.8) is 0 Å². The van der Waals surface area contributed by atoms with Gasteiger partial charge < -0.3 is 19.7 Å². The van der Waals surface area contributed by atoms with Crippen LogP contribution in [0.4, 0.5) is 14.9 Å². The average Bonchev–Trinajstić information content (AvgIpc) is 2.77. The summed E-state index contributed by atoms with van der Waals surface area (Å²) in [7, 11) is 0. The van der Waals surface area contributed by atoms with Crippen LogP contribution < -0.4 is 10.2 Å². The molecular formula is C25H29FN4O3. The lowest BCUT2D eigenvalue weighted by molar-refractivity contribution is 0.0507. The Labute approximate surface area is 192 Å². The number of pyridine rings is 2. The number of carbonyl (C=O) groups excluding carboxylic acids is 1. The number of alkyl carbamates (subject to hydrolysis) is 1. The molecule has 8 heteroatoms. The Hall–Kier alpha value is -3.26. The second-order valence-corrected chi connectivity index (χ2v) is 9.06. The zero-order valence-electron chi connectivity index (χ0n) is 19.4. The molecule has 1 unspecified atom stereocenters. The predicted octanol–water partition coefficient (Wildman–Crippen LogP) is 4.86. The van der Waals surface area contributed by atoms with E-state index in [4.69, 9.17) is 14.5 Å². The van der Waals surface area contributed by atoms with Gasteiger partial charge in [-0.25, -0.2) is 14.2 Å². The van der Waals surface area contributed by atoms with E-state index in [1.165, 1.54) is 12.1 Å². The van der Waals surface area contributed by atoms with Crippen LogP contribution in [0.3, 0.4) is 0 Å². The second kappa shape index (κ2) is 9.31. The molecule has 0 spiro atoms. The monoisotopic (exact) mass is 452 g/mol. The first-order valence-electron chi connectivity index (χ1n) is 11.1. The minimum atomic E-state index is -0.624. The number of carbonyl (C=O) groups is 1. The van der Waals surface area contributed by atoms with Gasteiger partial charge >= 0.3 is 6.09 Å². The molecule has 3 heterocycles. The molecule has 1 atom stereocenters. The molecule has 1 fully saturated rings. The Balaban J connectivity index is 1.92. The molecule has 4 rings (SSSR count). The van der Waals surface area contributed by atoms with Crippen molar-refractivity contribution in [1.82, 2.24) is 15.3 Å². The number of nitrogens with one attached hydrogen (secondary N) is 1. The number of aromatic nitrogens is 2. The molecule has 0 bridgehead atoms. The zero-order chi connectivity index (χ0) is 23.6. The topological polar surface area (TPSA) is 76.6 Å². The van der Waals surface area contributed by atoms with E-state index >= 15 is 0 Å². The maximum absolute atomic E-state index is 14.3. The van der Waals surface area contributed by atoms with E-state index < -0.39 is 17.7 Å². The van der Waals surface area contributed by atoms with Crippen LogP contribution in [0.5, 0.6) is 0 Å². The molecular weight excluding hydrogens is 423 g/mol. The molecule has 1 saturated heterocycles. The lowest BCUT2D eigenvalue weighted by Gasteiger charge is -2.33. The van der Waals surface area contributed by atoms with Crippen molar-refractivity contribution in [3.05, 3.63) is 54.1 Å². The molecule has 0 radical (unpaired) electrons. The van der Waals surface area contributed by atoms with Crippen molar-refractivity contribution < 1.29 is 18.7 Å². The molecule has 174 valence electrons. The van der Waals surface area contributed by atoms with Crippen LogP contribution in [0.25, 0.3) is 22.2 Å². The highest BCUT2D eigenvalue weighted by molar-refractivity contribution is 6.01. The third-order valence-electron chi connectivity index (χ3n) is 5.34. The van der Waals surface area contributed by atoms with Crippen molar-refractivity contribution in [2.75, 3.05) is 31.2 Å². The molecule has 2 aromatic heterocycles. The summed E-state index contributed by atoms with van der Waals surface area (Å²) in [6.07, 6.45) is 1.18. The van der Waals surface area contributed by atoms with Crippen LogP contribution in [0.15, 0.2) is 42.6 Å². The number of hydrogen-bond donors (Lipinski definition) is 1. The fourth-order valence-corrected chi connectivity index (χ4v) is 3.98. The highest BCUT2D eigenvalue weighted by Crippen LogP contribution is 2.41. The minimum absolute atomic E-state index is 0.335. The molecule has 0 saturated carbocycles. The van der Waals surface area contributed by atoms with Crippen LogP contribution >= 0.6 is 0 Å². The lowest BCUT2D eigenvalue weighted by atomic mass is 9.97. The minimum Gasteiger partial charge on any atom is -0.444 e. The smallest absolute Gasteiger partial charge is 0.408 e. The van der Waals surface area contributed by atoms with Crippen molar-refractivity contribution in [1.29, 1.82) is 0 Å². The number of amides is 1. The van der Waals surface area contributed by atoms with E-state index in [1.54, 1.807) is 12.3 Å². The van der Waals surface area contributed by atoms with Gasteiger partial charge in [0.15, 0.2) is 0 Å². The van der Waals surface area contributed by atoms with Crippen LogP contribution in [0.1, 0.15) is 39.4 Å². The van der Waals surface area contributed by atoms with Crippen LogP contribution in [-0.4, -0.2) is 48.0 Å². The molecule has 1 aliphatic rings. The van der Waals surface area contributed by atoms with E-state index in [2.05, 4.69) is 15.2 Å². The molecule has 1 amide bonds. The van der Waals surface area contributed by atoms with Crippen LogP contribution in [0.2, 0.25) is 0 Å². The Bertz CT molecular complexity index is 1140. The Morgan fingerprint density at radius 1 is 1.21 bits per heavy atom. The number of fused-ring (bicyclic) bond motifs is 1. The number of halogens is 1. The molecule has 1 aromatic carbocycles. The first-order chi connectivity index (χ1) is 15.7. The average molecular weight is 453 g/mol. The fraction of sp³-hybridized carbons (Fsp3) is 0.400. The molecule has 33 heavy (non-hydrogen) atoms. The van der Waals surface area contributed by atoms with Gasteiger partial charge in [-0.15, -0.1) is 0 Å². The van der Waals surface area contributed by atoms with Crippen LogP contribution in [-0.2, 0) is 9.47 Å². The van der Waals surface area contributed by atoms with Crippen molar-refractivity contribution in [2.24, 2.45) is 0 Å². The molecule has 3 aromatic rings. The molecule has 1 N–H and O–H groups in total. The SMILES string of the molecule is CC(NC(=O)OC(C)(C)C)c1nc2ccc(F)cc2c(N2CCOCC2)c1-c1ccccn1. The van der Waals surface area contributed by atoms with Crippen molar-refractivity contribution >= 4 is 22.7 Å². The maximum atomic E-state index is 14.3. The van der Waals surface area contributed by atoms with Gasteiger partial charge in [-0.05, 0) is 58.0 Å². The number of benzene rings is 1. The van der Waals surface area contributed by atoms with E-state index in [1.807, 2.05) is 45.9 Å². The molecule has 7 nitrogen and oxygen atoms in total. The van der Waals surface area contributed by atoms with Crippen molar-refractivity contribution in [3.8, 4) is 11.3 Å². The number of morpholine rings is 1. The van der Waals surface area contributed by atoms with Gasteiger partial charge in [-0.3, -0.25) is 4.98 Å². The highest BCUT2D eigenvalue weighted by Gasteiger charge is 2.28.